The van der Waals surface area contributed by atoms with Crippen LogP contribution in [0.1, 0.15) is 5.82 Å². The molecule has 0 radical (unpaired) electrons. The molecule has 0 fully saturated rings. The monoisotopic (exact) mass is 298 g/mol. The lowest BCUT2D eigenvalue weighted by Crippen LogP contribution is -2.19. The molecule has 0 amide bonds. The zero-order valence-corrected chi connectivity index (χ0v) is 12.8. The van der Waals surface area contributed by atoms with Gasteiger partial charge >= 0.3 is 0 Å². The number of imidazole rings is 1. The fourth-order valence-corrected chi connectivity index (χ4v) is 3.24. The second-order valence-corrected chi connectivity index (χ2v) is 6.13. The van der Waals surface area contributed by atoms with Gasteiger partial charge in [0.2, 0.25) is 0 Å². The number of fused-ring (bicyclic) bond motifs is 1. The van der Waals surface area contributed by atoms with E-state index < -0.39 is 6.10 Å². The largest absolute Gasteiger partial charge is 0.390 e. The van der Waals surface area contributed by atoms with Crippen LogP contribution in [0.2, 0.25) is 0 Å². The van der Waals surface area contributed by atoms with E-state index in [-0.39, 0.29) is 0 Å². The van der Waals surface area contributed by atoms with Gasteiger partial charge in [-0.1, -0.05) is 30.3 Å². The van der Waals surface area contributed by atoms with Gasteiger partial charge in [-0.25, -0.2) is 4.98 Å². The molecule has 0 saturated carbocycles. The summed E-state index contributed by atoms with van der Waals surface area (Å²) in [6, 6.07) is 18.2. The molecule has 0 bridgehead atoms. The number of aliphatic hydroxyl groups excluding tert-OH is 1. The van der Waals surface area contributed by atoms with Gasteiger partial charge in [-0.05, 0) is 31.2 Å². The van der Waals surface area contributed by atoms with Crippen molar-refractivity contribution in [1.29, 1.82) is 0 Å². The molecule has 3 aromatic rings. The minimum absolute atomic E-state index is 0.397. The first-order valence-electron chi connectivity index (χ1n) is 7.02. The molecular weight excluding hydrogens is 280 g/mol. The Bertz CT molecular complexity index is 724. The van der Waals surface area contributed by atoms with E-state index in [9.17, 15) is 5.11 Å². The van der Waals surface area contributed by atoms with Crippen LogP contribution < -0.4 is 0 Å². The van der Waals surface area contributed by atoms with Crippen molar-refractivity contribution in [2.24, 2.45) is 0 Å². The highest BCUT2D eigenvalue weighted by Crippen LogP contribution is 2.20. The van der Waals surface area contributed by atoms with Crippen LogP contribution in [0.15, 0.2) is 59.5 Å². The summed E-state index contributed by atoms with van der Waals surface area (Å²) in [5, 5.41) is 10.3. The lowest BCUT2D eigenvalue weighted by molar-refractivity contribution is 0.178. The summed E-state index contributed by atoms with van der Waals surface area (Å²) < 4.78 is 2.09. The predicted molar refractivity (Wildman–Crippen MR) is 87.6 cm³/mol. The quantitative estimate of drug-likeness (QED) is 0.733. The molecule has 4 heteroatoms. The van der Waals surface area contributed by atoms with Crippen LogP contribution in [0.5, 0.6) is 0 Å². The topological polar surface area (TPSA) is 38.0 Å². The smallest absolute Gasteiger partial charge is 0.106 e. The maximum Gasteiger partial charge on any atom is 0.106 e. The van der Waals surface area contributed by atoms with Crippen LogP contribution in [0.25, 0.3) is 11.0 Å². The third-order valence-corrected chi connectivity index (χ3v) is 4.58. The van der Waals surface area contributed by atoms with Crippen molar-refractivity contribution in [3.8, 4) is 0 Å². The second-order valence-electron chi connectivity index (χ2n) is 5.04. The number of aliphatic hydroxyl groups is 1. The third kappa shape index (κ3) is 3.28. The van der Waals surface area contributed by atoms with Crippen LogP contribution in [0.3, 0.4) is 0 Å². The molecule has 1 atom stereocenters. The summed E-state index contributed by atoms with van der Waals surface area (Å²) in [7, 11) is 0. The molecule has 1 heterocycles. The number of hydrogen-bond acceptors (Lipinski definition) is 3. The van der Waals surface area contributed by atoms with Gasteiger partial charge in [-0.2, -0.15) is 0 Å². The van der Waals surface area contributed by atoms with Crippen molar-refractivity contribution in [3.63, 3.8) is 0 Å². The van der Waals surface area contributed by atoms with Crippen LogP contribution in [-0.2, 0) is 6.54 Å². The average molecular weight is 298 g/mol. The first kappa shape index (κ1) is 14.2. The van der Waals surface area contributed by atoms with E-state index in [1.807, 2.05) is 49.4 Å². The zero-order chi connectivity index (χ0) is 14.7. The Morgan fingerprint density at radius 1 is 1.10 bits per heavy atom. The van der Waals surface area contributed by atoms with Gasteiger partial charge < -0.3 is 9.67 Å². The molecule has 0 saturated heterocycles. The van der Waals surface area contributed by atoms with Crippen molar-refractivity contribution < 1.29 is 5.11 Å². The summed E-state index contributed by atoms with van der Waals surface area (Å²) in [6.45, 7) is 2.56. The Hall–Kier alpha value is -1.78. The standard InChI is InChI=1S/C17H18N2OS/c1-13-18-16-9-5-6-10-17(16)19(13)11-14(20)12-21-15-7-3-2-4-8-15/h2-10,14,20H,11-12H2,1H3. The maximum absolute atomic E-state index is 10.3. The van der Waals surface area contributed by atoms with Crippen molar-refractivity contribution in [2.45, 2.75) is 24.5 Å². The summed E-state index contributed by atoms with van der Waals surface area (Å²) in [5.74, 6) is 1.62. The summed E-state index contributed by atoms with van der Waals surface area (Å²) in [6.07, 6.45) is -0.397. The highest BCUT2D eigenvalue weighted by Gasteiger charge is 2.11. The Morgan fingerprint density at radius 3 is 2.62 bits per heavy atom. The number of para-hydroxylation sites is 2. The van der Waals surface area contributed by atoms with Crippen LogP contribution in [0.4, 0.5) is 0 Å². The Balaban J connectivity index is 1.69. The van der Waals surface area contributed by atoms with Gasteiger partial charge in [0, 0.05) is 10.6 Å². The summed E-state index contributed by atoms with van der Waals surface area (Å²) in [4.78, 5) is 5.71. The second kappa shape index (κ2) is 6.33. The first-order valence-corrected chi connectivity index (χ1v) is 8.00. The Morgan fingerprint density at radius 2 is 1.81 bits per heavy atom. The number of benzene rings is 2. The summed E-state index contributed by atoms with van der Waals surface area (Å²) in [5.41, 5.74) is 2.07. The van der Waals surface area contributed by atoms with Gasteiger partial charge in [-0.15, -0.1) is 11.8 Å². The number of aryl methyl sites for hydroxylation is 1. The van der Waals surface area contributed by atoms with Gasteiger partial charge in [0.05, 0.1) is 23.7 Å². The number of rotatable bonds is 5. The lowest BCUT2D eigenvalue weighted by Gasteiger charge is -2.13. The van der Waals surface area contributed by atoms with Gasteiger partial charge in [0.25, 0.3) is 0 Å². The number of thioether (sulfide) groups is 1. The molecule has 3 rings (SSSR count). The van der Waals surface area contributed by atoms with Crippen molar-refractivity contribution >= 4 is 22.8 Å². The molecule has 0 spiro atoms. The Labute approximate surface area is 128 Å². The minimum Gasteiger partial charge on any atom is -0.390 e. The molecule has 1 N–H and O–H groups in total. The predicted octanol–water partition coefficient (Wildman–Crippen LogP) is 3.50. The normalized spacial score (nSPS) is 12.7. The van der Waals surface area contributed by atoms with Crippen LogP contribution in [0, 0.1) is 6.92 Å². The molecule has 108 valence electrons. The fourth-order valence-electron chi connectivity index (χ4n) is 2.40. The van der Waals surface area contributed by atoms with E-state index in [2.05, 4.69) is 21.7 Å². The van der Waals surface area contributed by atoms with Gasteiger partial charge in [0.1, 0.15) is 5.82 Å². The molecular formula is C17H18N2OS. The Kier molecular flexibility index (Phi) is 4.27. The van der Waals surface area contributed by atoms with Crippen LogP contribution in [-0.4, -0.2) is 26.5 Å². The van der Waals surface area contributed by atoms with Crippen molar-refractivity contribution in [1.82, 2.24) is 9.55 Å². The SMILES string of the molecule is Cc1nc2ccccc2n1CC(O)CSc1ccccc1. The molecule has 2 aromatic carbocycles. The lowest BCUT2D eigenvalue weighted by atomic mass is 10.3. The molecule has 21 heavy (non-hydrogen) atoms. The van der Waals surface area contributed by atoms with E-state index in [1.165, 1.54) is 4.90 Å². The van der Waals surface area contributed by atoms with Crippen molar-refractivity contribution in [3.05, 3.63) is 60.4 Å². The van der Waals surface area contributed by atoms with E-state index in [0.717, 1.165) is 16.9 Å². The number of nitrogens with zero attached hydrogens (tertiary/aromatic N) is 2. The highest BCUT2D eigenvalue weighted by molar-refractivity contribution is 7.99. The van der Waals surface area contributed by atoms with Crippen molar-refractivity contribution in [2.75, 3.05) is 5.75 Å². The van der Waals surface area contributed by atoms with E-state index >= 15 is 0 Å². The molecule has 0 aliphatic rings. The molecule has 3 nitrogen and oxygen atoms in total. The van der Waals surface area contributed by atoms with E-state index in [1.54, 1.807) is 11.8 Å². The maximum atomic E-state index is 10.3. The van der Waals surface area contributed by atoms with Gasteiger partial charge in [-0.3, -0.25) is 0 Å². The minimum atomic E-state index is -0.397. The van der Waals surface area contributed by atoms with Gasteiger partial charge in [0.15, 0.2) is 0 Å². The third-order valence-electron chi connectivity index (χ3n) is 3.42. The molecule has 1 unspecified atom stereocenters. The fraction of sp³-hybridized carbons (Fsp3) is 0.235. The first-order chi connectivity index (χ1) is 10.2. The molecule has 1 aromatic heterocycles. The average Bonchev–Trinajstić information content (AvgIpc) is 2.82. The highest BCUT2D eigenvalue weighted by atomic mass is 32.2. The van der Waals surface area contributed by atoms with E-state index in [0.29, 0.717) is 12.3 Å². The number of hydrogen-bond donors (Lipinski definition) is 1. The summed E-state index contributed by atoms with van der Waals surface area (Å²) >= 11 is 1.68. The number of aromatic nitrogens is 2. The molecule has 0 aliphatic heterocycles. The molecule has 0 aliphatic carbocycles. The zero-order valence-electron chi connectivity index (χ0n) is 11.9. The van der Waals surface area contributed by atoms with Crippen LogP contribution >= 0.6 is 11.8 Å². The van der Waals surface area contributed by atoms with E-state index in [4.69, 9.17) is 0 Å².